The van der Waals surface area contributed by atoms with Gasteiger partial charge in [0.25, 0.3) is 0 Å². The van der Waals surface area contributed by atoms with Gasteiger partial charge >= 0.3 is 13.1 Å². The number of aromatic carboxylic acids is 1. The first-order valence-electron chi connectivity index (χ1n) is 11.8. The van der Waals surface area contributed by atoms with E-state index in [9.17, 15) is 19.7 Å². The van der Waals surface area contributed by atoms with E-state index in [1.54, 1.807) is 12.1 Å². The van der Waals surface area contributed by atoms with Crippen molar-refractivity contribution in [1.82, 2.24) is 15.5 Å². The number of nitrogens with zero attached hydrogens (tertiary/aromatic N) is 1. The van der Waals surface area contributed by atoms with Gasteiger partial charge in [0.05, 0.1) is 11.5 Å². The fourth-order valence-corrected chi connectivity index (χ4v) is 5.51. The van der Waals surface area contributed by atoms with E-state index < -0.39 is 19.0 Å². The zero-order chi connectivity index (χ0) is 22.7. The van der Waals surface area contributed by atoms with Crippen LogP contribution in [-0.2, 0) is 11.2 Å². The Hall–Kier alpha value is -2.10. The fourth-order valence-electron chi connectivity index (χ4n) is 5.51. The van der Waals surface area contributed by atoms with Crippen LogP contribution in [0.15, 0.2) is 18.2 Å². The van der Waals surface area contributed by atoms with Crippen LogP contribution in [0.2, 0.25) is 0 Å². The minimum Gasteiger partial charge on any atom is -0.534 e. The second-order valence-electron chi connectivity index (χ2n) is 9.51. The summed E-state index contributed by atoms with van der Waals surface area (Å²) >= 11 is 0. The van der Waals surface area contributed by atoms with E-state index in [-0.39, 0.29) is 17.2 Å². The molecule has 2 aliphatic heterocycles. The molecule has 1 aromatic rings. The lowest BCUT2D eigenvalue weighted by molar-refractivity contribution is -0.122. The zero-order valence-corrected chi connectivity index (χ0v) is 18.8. The number of carboxylic acids is 1. The predicted octanol–water partition coefficient (Wildman–Crippen LogP) is 1.46. The Kier molecular flexibility index (Phi) is 7.38. The molecular weight excluding hydrogens is 409 g/mol. The molecule has 9 heteroatoms. The normalized spacial score (nSPS) is 26.3. The molecule has 3 aliphatic rings. The molecule has 0 aromatic heterocycles. The van der Waals surface area contributed by atoms with Gasteiger partial charge in [-0.2, -0.15) is 0 Å². The molecule has 4 N–H and O–H groups in total. The summed E-state index contributed by atoms with van der Waals surface area (Å²) in [6.07, 6.45) is 7.55. The molecule has 0 bridgehead atoms. The van der Waals surface area contributed by atoms with Gasteiger partial charge in [0.15, 0.2) is 0 Å². The van der Waals surface area contributed by atoms with Crippen LogP contribution in [-0.4, -0.2) is 72.2 Å². The van der Waals surface area contributed by atoms with Gasteiger partial charge < -0.3 is 30.3 Å². The van der Waals surface area contributed by atoms with E-state index in [4.69, 9.17) is 4.65 Å². The minimum atomic E-state index is -1.26. The Labute approximate surface area is 189 Å². The van der Waals surface area contributed by atoms with Crippen molar-refractivity contribution in [2.75, 3.05) is 20.1 Å². The molecule has 2 heterocycles. The molecule has 0 unspecified atom stereocenters. The van der Waals surface area contributed by atoms with Crippen LogP contribution in [0.1, 0.15) is 60.9 Å². The molecule has 0 spiro atoms. The van der Waals surface area contributed by atoms with Crippen LogP contribution in [0.5, 0.6) is 5.75 Å². The summed E-state index contributed by atoms with van der Waals surface area (Å²) < 4.78 is 5.48. The lowest BCUT2D eigenvalue weighted by Gasteiger charge is -2.40. The van der Waals surface area contributed by atoms with Crippen molar-refractivity contribution >= 4 is 19.0 Å². The topological polar surface area (TPSA) is 111 Å². The molecule has 0 radical (unpaired) electrons. The van der Waals surface area contributed by atoms with Gasteiger partial charge in [-0.1, -0.05) is 12.1 Å². The van der Waals surface area contributed by atoms with Gasteiger partial charge in [0.1, 0.15) is 5.75 Å². The summed E-state index contributed by atoms with van der Waals surface area (Å²) in [5, 5.41) is 26.0. The Balaban J connectivity index is 1.26. The summed E-state index contributed by atoms with van der Waals surface area (Å²) in [5.74, 6) is -1.21. The van der Waals surface area contributed by atoms with Crippen molar-refractivity contribution in [3.63, 3.8) is 0 Å². The SMILES string of the molecule is CN(C1CCNCC1)[C@H]1CC[C@H](CC(=O)N[C@H]2Cc3cccc(C(=O)O)c3OB2O)CC1. The summed E-state index contributed by atoms with van der Waals surface area (Å²) in [6, 6.07) is 6.14. The first-order valence-corrected chi connectivity index (χ1v) is 11.8. The summed E-state index contributed by atoms with van der Waals surface area (Å²) in [6.45, 7) is 2.20. The number of amides is 1. The van der Waals surface area contributed by atoms with Crippen molar-refractivity contribution in [2.45, 2.75) is 69.4 Å². The highest BCUT2D eigenvalue weighted by Crippen LogP contribution is 2.32. The number of para-hydroxylation sites is 1. The Morgan fingerprint density at radius 2 is 1.84 bits per heavy atom. The third-order valence-corrected chi connectivity index (χ3v) is 7.45. The van der Waals surface area contributed by atoms with Gasteiger partial charge in [-0.3, -0.25) is 4.79 Å². The third kappa shape index (κ3) is 5.27. The number of nitrogens with one attached hydrogen (secondary N) is 2. The second kappa shape index (κ2) is 10.2. The van der Waals surface area contributed by atoms with Crippen molar-refractivity contribution < 1.29 is 24.4 Å². The molecule has 174 valence electrons. The molecule has 2 fully saturated rings. The number of hydrogen-bond donors (Lipinski definition) is 4. The maximum absolute atomic E-state index is 12.7. The van der Waals surface area contributed by atoms with Gasteiger partial charge in [-0.05, 0) is 82.6 Å². The summed E-state index contributed by atoms with van der Waals surface area (Å²) in [5.41, 5.74) is 0.708. The predicted molar refractivity (Wildman–Crippen MR) is 122 cm³/mol. The summed E-state index contributed by atoms with van der Waals surface area (Å²) in [7, 11) is 0.993. The van der Waals surface area contributed by atoms with Crippen molar-refractivity contribution in [3.05, 3.63) is 29.3 Å². The number of fused-ring (bicyclic) bond motifs is 1. The fraction of sp³-hybridized carbons (Fsp3) is 0.652. The van der Waals surface area contributed by atoms with Gasteiger partial charge in [0.2, 0.25) is 5.91 Å². The first-order chi connectivity index (χ1) is 15.4. The Morgan fingerprint density at radius 3 is 2.53 bits per heavy atom. The average Bonchev–Trinajstić information content (AvgIpc) is 2.79. The molecule has 1 aromatic carbocycles. The highest BCUT2D eigenvalue weighted by atomic mass is 16.5. The van der Waals surface area contributed by atoms with Crippen LogP contribution in [0, 0.1) is 5.92 Å². The van der Waals surface area contributed by atoms with E-state index in [1.165, 1.54) is 18.9 Å². The van der Waals surface area contributed by atoms with Crippen LogP contribution < -0.4 is 15.3 Å². The third-order valence-electron chi connectivity index (χ3n) is 7.45. The molecule has 32 heavy (non-hydrogen) atoms. The number of rotatable bonds is 6. The van der Waals surface area contributed by atoms with Crippen molar-refractivity contribution in [3.8, 4) is 5.75 Å². The van der Waals surface area contributed by atoms with E-state index >= 15 is 0 Å². The Bertz CT molecular complexity index is 824. The first kappa shape index (κ1) is 23.1. The molecule has 1 saturated heterocycles. The average molecular weight is 443 g/mol. The monoisotopic (exact) mass is 443 g/mol. The highest BCUT2D eigenvalue weighted by molar-refractivity contribution is 6.47. The molecule has 1 saturated carbocycles. The second-order valence-corrected chi connectivity index (χ2v) is 9.51. The van der Waals surface area contributed by atoms with Gasteiger partial charge in [-0.25, -0.2) is 4.79 Å². The van der Waals surface area contributed by atoms with E-state index in [0.29, 0.717) is 36.4 Å². The molecular formula is C23H34BN3O5. The van der Waals surface area contributed by atoms with Crippen LogP contribution >= 0.6 is 0 Å². The standard InChI is InChI=1S/C23H34BN3O5/c1-27(18-9-11-25-12-10-18)17-7-5-15(6-8-17)13-21(28)26-20-14-16-3-2-4-19(23(29)30)22(16)32-24(20)31/h2-4,15,17-18,20,25,31H,5-14H2,1H3,(H,26,28)(H,29,30)/t15-,17-,20-/m0/s1. The quantitative estimate of drug-likeness (QED) is 0.493. The van der Waals surface area contributed by atoms with Crippen LogP contribution in [0.4, 0.5) is 0 Å². The van der Waals surface area contributed by atoms with E-state index in [1.807, 2.05) is 0 Å². The molecule has 1 aliphatic carbocycles. The summed E-state index contributed by atoms with van der Waals surface area (Å²) in [4.78, 5) is 26.6. The minimum absolute atomic E-state index is 0.0255. The van der Waals surface area contributed by atoms with E-state index in [0.717, 1.165) is 38.8 Å². The smallest absolute Gasteiger partial charge is 0.534 e. The highest BCUT2D eigenvalue weighted by Gasteiger charge is 2.38. The number of piperidine rings is 1. The molecule has 1 amide bonds. The zero-order valence-electron chi connectivity index (χ0n) is 18.8. The lowest BCUT2D eigenvalue weighted by atomic mass is 9.72. The maximum Gasteiger partial charge on any atom is 0.547 e. The van der Waals surface area contributed by atoms with Crippen molar-refractivity contribution in [2.24, 2.45) is 5.92 Å². The van der Waals surface area contributed by atoms with Gasteiger partial charge in [0, 0.05) is 18.5 Å². The van der Waals surface area contributed by atoms with Crippen molar-refractivity contribution in [1.29, 1.82) is 0 Å². The lowest BCUT2D eigenvalue weighted by Crippen LogP contribution is -2.53. The Morgan fingerprint density at radius 1 is 1.16 bits per heavy atom. The number of carbonyl (C=O) groups excluding carboxylic acids is 1. The van der Waals surface area contributed by atoms with Crippen LogP contribution in [0.25, 0.3) is 0 Å². The van der Waals surface area contributed by atoms with Gasteiger partial charge in [-0.15, -0.1) is 0 Å². The van der Waals surface area contributed by atoms with Crippen LogP contribution in [0.3, 0.4) is 0 Å². The van der Waals surface area contributed by atoms with E-state index in [2.05, 4.69) is 22.6 Å². The maximum atomic E-state index is 12.7. The molecule has 1 atom stereocenters. The molecule has 8 nitrogen and oxygen atoms in total. The number of benzene rings is 1. The number of carbonyl (C=O) groups is 2. The number of carboxylic acid groups (broad SMARTS) is 1. The number of hydrogen-bond acceptors (Lipinski definition) is 6. The largest absolute Gasteiger partial charge is 0.547 e. The molecule has 4 rings (SSSR count).